The van der Waals surface area contributed by atoms with E-state index in [1.807, 2.05) is 24.0 Å². The second-order valence-corrected chi connectivity index (χ2v) is 8.07. The molecule has 1 aliphatic carbocycles. The highest BCUT2D eigenvalue weighted by atomic mass is 16.2. The average molecular weight is 391 g/mol. The number of carbonyl (C=O) groups is 2. The molecule has 0 aliphatic heterocycles. The highest BCUT2D eigenvalue weighted by Crippen LogP contribution is 2.30. The number of carbonyl (C=O) groups excluding carboxylic acids is 2. The molecule has 0 radical (unpaired) electrons. The molecule has 2 N–H and O–H groups in total. The summed E-state index contributed by atoms with van der Waals surface area (Å²) in [6.07, 6.45) is 2.11. The van der Waals surface area contributed by atoms with Gasteiger partial charge in [0.2, 0.25) is 0 Å². The van der Waals surface area contributed by atoms with E-state index < -0.39 is 0 Å². The van der Waals surface area contributed by atoms with Gasteiger partial charge in [0.25, 0.3) is 11.8 Å². The molecular weight excluding hydrogens is 366 g/mol. The van der Waals surface area contributed by atoms with Crippen LogP contribution in [0.5, 0.6) is 0 Å². The summed E-state index contributed by atoms with van der Waals surface area (Å²) in [5.41, 5.74) is 2.52. The van der Waals surface area contributed by atoms with Gasteiger partial charge < -0.3 is 10.2 Å². The second kappa shape index (κ2) is 7.66. The van der Waals surface area contributed by atoms with Crippen LogP contribution in [0.15, 0.2) is 36.4 Å². The van der Waals surface area contributed by atoms with Gasteiger partial charge in [-0.3, -0.25) is 14.7 Å². The van der Waals surface area contributed by atoms with Gasteiger partial charge in [-0.25, -0.2) is 4.98 Å². The number of amides is 2. The van der Waals surface area contributed by atoms with Crippen LogP contribution in [0.3, 0.4) is 0 Å². The summed E-state index contributed by atoms with van der Waals surface area (Å²) in [6, 6.07) is 11.1. The predicted octanol–water partition coefficient (Wildman–Crippen LogP) is 3.78. The zero-order chi connectivity index (χ0) is 20.5. The van der Waals surface area contributed by atoms with Crippen LogP contribution in [0.1, 0.15) is 53.1 Å². The lowest BCUT2D eigenvalue weighted by Crippen LogP contribution is -2.36. The SMILES string of the molecule is Cc1ccc(C(=O)Nc2ccc3c(C(=O)N(CC(C)C)C4CC4)[nH]nc3n2)cc1. The topological polar surface area (TPSA) is 91.0 Å². The molecule has 1 aliphatic rings. The lowest BCUT2D eigenvalue weighted by atomic mass is 10.1. The first-order valence-corrected chi connectivity index (χ1v) is 9.96. The lowest BCUT2D eigenvalue weighted by molar-refractivity contribution is 0.0718. The van der Waals surface area contributed by atoms with Crippen LogP contribution < -0.4 is 5.32 Å². The maximum absolute atomic E-state index is 13.1. The zero-order valence-electron chi connectivity index (χ0n) is 16.9. The molecule has 7 nitrogen and oxygen atoms in total. The molecule has 2 heterocycles. The summed E-state index contributed by atoms with van der Waals surface area (Å²) in [6.45, 7) is 6.91. The standard InChI is InChI=1S/C22H25N5O2/c1-13(2)12-27(16-8-9-16)22(29)19-17-10-11-18(23-20(17)26-25-19)24-21(28)15-6-4-14(3)5-7-15/h4-7,10-11,13,16H,8-9,12H2,1-3H3,(H2,23,24,25,26,28). The van der Waals surface area contributed by atoms with Crippen molar-refractivity contribution in [1.82, 2.24) is 20.1 Å². The molecule has 0 unspecified atom stereocenters. The average Bonchev–Trinajstić information content (AvgIpc) is 3.45. The fraction of sp³-hybridized carbons (Fsp3) is 0.364. The second-order valence-electron chi connectivity index (χ2n) is 8.07. The molecule has 29 heavy (non-hydrogen) atoms. The Morgan fingerprint density at radius 2 is 1.90 bits per heavy atom. The monoisotopic (exact) mass is 391 g/mol. The molecule has 2 amide bonds. The van der Waals surface area contributed by atoms with Crippen molar-refractivity contribution in [3.8, 4) is 0 Å². The number of nitrogens with zero attached hydrogens (tertiary/aromatic N) is 3. The maximum Gasteiger partial charge on any atom is 0.272 e. The Kier molecular flexibility index (Phi) is 5.05. The van der Waals surface area contributed by atoms with Gasteiger partial charge in [0.1, 0.15) is 11.5 Å². The van der Waals surface area contributed by atoms with E-state index in [-0.39, 0.29) is 11.8 Å². The van der Waals surface area contributed by atoms with Crippen LogP contribution in [0.4, 0.5) is 5.82 Å². The molecule has 2 aromatic heterocycles. The van der Waals surface area contributed by atoms with E-state index >= 15 is 0 Å². The van der Waals surface area contributed by atoms with Gasteiger partial charge in [0.05, 0.1) is 5.39 Å². The minimum Gasteiger partial charge on any atom is -0.334 e. The van der Waals surface area contributed by atoms with Crippen molar-refractivity contribution in [3.05, 3.63) is 53.2 Å². The lowest BCUT2D eigenvalue weighted by Gasteiger charge is -2.23. The van der Waals surface area contributed by atoms with Crippen LogP contribution in [0, 0.1) is 12.8 Å². The van der Waals surface area contributed by atoms with Gasteiger partial charge in [-0.2, -0.15) is 5.10 Å². The number of hydrogen-bond acceptors (Lipinski definition) is 4. The van der Waals surface area contributed by atoms with Gasteiger partial charge in [0, 0.05) is 18.2 Å². The Morgan fingerprint density at radius 1 is 1.17 bits per heavy atom. The Hall–Kier alpha value is -3.22. The molecule has 3 aromatic rings. The first kappa shape index (κ1) is 19.1. The highest BCUT2D eigenvalue weighted by molar-refractivity contribution is 6.06. The van der Waals surface area contributed by atoms with Gasteiger partial charge in [-0.15, -0.1) is 0 Å². The van der Waals surface area contributed by atoms with E-state index in [1.165, 1.54) is 0 Å². The molecule has 0 spiro atoms. The molecule has 4 rings (SSSR count). The fourth-order valence-electron chi connectivity index (χ4n) is 3.34. The minimum absolute atomic E-state index is 0.0399. The van der Waals surface area contributed by atoms with E-state index in [9.17, 15) is 9.59 Å². The molecule has 1 saturated carbocycles. The van der Waals surface area contributed by atoms with E-state index in [1.54, 1.807) is 24.3 Å². The summed E-state index contributed by atoms with van der Waals surface area (Å²) >= 11 is 0. The molecule has 1 fully saturated rings. The normalized spacial score (nSPS) is 13.7. The fourth-order valence-corrected chi connectivity index (χ4v) is 3.34. The van der Waals surface area contributed by atoms with Crippen molar-refractivity contribution in [2.75, 3.05) is 11.9 Å². The Bertz CT molecular complexity index is 1050. The maximum atomic E-state index is 13.1. The van der Waals surface area contributed by atoms with Crippen molar-refractivity contribution < 1.29 is 9.59 Å². The summed E-state index contributed by atoms with van der Waals surface area (Å²) in [5, 5.41) is 10.5. The number of rotatable bonds is 6. The number of fused-ring (bicyclic) bond motifs is 1. The van der Waals surface area contributed by atoms with Crippen molar-refractivity contribution in [2.45, 2.75) is 39.7 Å². The smallest absolute Gasteiger partial charge is 0.272 e. The van der Waals surface area contributed by atoms with Gasteiger partial charge in [-0.1, -0.05) is 31.5 Å². The van der Waals surface area contributed by atoms with Crippen LogP contribution >= 0.6 is 0 Å². The van der Waals surface area contributed by atoms with E-state index in [4.69, 9.17) is 0 Å². The molecule has 1 aromatic carbocycles. The van der Waals surface area contributed by atoms with Gasteiger partial charge >= 0.3 is 0 Å². The van der Waals surface area contributed by atoms with Crippen molar-refractivity contribution in [3.63, 3.8) is 0 Å². The number of aryl methyl sites for hydroxylation is 1. The van der Waals surface area contributed by atoms with Gasteiger partial charge in [0.15, 0.2) is 5.65 Å². The summed E-state index contributed by atoms with van der Waals surface area (Å²) in [7, 11) is 0. The Morgan fingerprint density at radius 3 is 2.55 bits per heavy atom. The van der Waals surface area contributed by atoms with E-state index in [2.05, 4.69) is 34.3 Å². The molecule has 0 bridgehead atoms. The van der Waals surface area contributed by atoms with E-state index in [0.717, 1.165) is 24.9 Å². The number of hydrogen-bond donors (Lipinski definition) is 2. The zero-order valence-corrected chi connectivity index (χ0v) is 16.9. The predicted molar refractivity (Wildman–Crippen MR) is 112 cm³/mol. The minimum atomic E-state index is -0.236. The van der Waals surface area contributed by atoms with Gasteiger partial charge in [-0.05, 0) is 49.9 Å². The molecular formula is C22H25N5O2. The quantitative estimate of drug-likeness (QED) is 0.669. The Balaban J connectivity index is 1.55. The third-order valence-electron chi connectivity index (χ3n) is 5.00. The molecule has 0 saturated heterocycles. The number of aromatic nitrogens is 3. The molecule has 0 atom stereocenters. The number of pyridine rings is 1. The number of H-pyrrole nitrogens is 1. The molecule has 150 valence electrons. The van der Waals surface area contributed by atoms with Crippen LogP contribution in [-0.2, 0) is 0 Å². The van der Waals surface area contributed by atoms with Crippen molar-refractivity contribution >= 4 is 28.7 Å². The number of aromatic amines is 1. The largest absolute Gasteiger partial charge is 0.334 e. The highest BCUT2D eigenvalue weighted by Gasteiger charge is 2.34. The number of nitrogens with one attached hydrogen (secondary N) is 2. The summed E-state index contributed by atoms with van der Waals surface area (Å²) in [4.78, 5) is 31.8. The van der Waals surface area contributed by atoms with Crippen LogP contribution in [-0.4, -0.2) is 44.5 Å². The van der Waals surface area contributed by atoms with Crippen molar-refractivity contribution in [2.24, 2.45) is 5.92 Å². The Labute approximate surface area is 169 Å². The third kappa shape index (κ3) is 4.13. The first-order chi connectivity index (χ1) is 13.9. The summed E-state index contributed by atoms with van der Waals surface area (Å²) in [5.74, 6) is 0.521. The molecule has 7 heteroatoms. The first-order valence-electron chi connectivity index (χ1n) is 9.96. The number of anilines is 1. The third-order valence-corrected chi connectivity index (χ3v) is 5.00. The van der Waals surface area contributed by atoms with Crippen molar-refractivity contribution in [1.29, 1.82) is 0 Å². The summed E-state index contributed by atoms with van der Waals surface area (Å²) < 4.78 is 0. The number of benzene rings is 1. The van der Waals surface area contributed by atoms with Crippen LogP contribution in [0.25, 0.3) is 11.0 Å². The van der Waals surface area contributed by atoms with E-state index in [0.29, 0.717) is 40.1 Å². The van der Waals surface area contributed by atoms with Crippen LogP contribution in [0.2, 0.25) is 0 Å².